The van der Waals surface area contributed by atoms with Gasteiger partial charge in [-0.3, -0.25) is 0 Å². The van der Waals surface area contributed by atoms with Crippen LogP contribution in [0.25, 0.3) is 0 Å². The van der Waals surface area contributed by atoms with Gasteiger partial charge >= 0.3 is 110 Å². The quantitative estimate of drug-likeness (QED) is 0.747. The fourth-order valence-electron chi connectivity index (χ4n) is 3.34. The average molecular weight is 282 g/mol. The number of hydrogen-bond acceptors (Lipinski definition) is 3. The van der Waals surface area contributed by atoms with E-state index in [1.807, 2.05) is 37.6 Å². The molecule has 0 spiro atoms. The summed E-state index contributed by atoms with van der Waals surface area (Å²) >= 11 is 0. The summed E-state index contributed by atoms with van der Waals surface area (Å²) in [6.07, 6.45) is 1.02. The van der Waals surface area contributed by atoms with Crippen LogP contribution in [-0.2, 0) is 9.50 Å². The summed E-state index contributed by atoms with van der Waals surface area (Å²) in [5.41, 5.74) is -0.987. The fraction of sp³-hybridized carbons (Fsp3) is 0.933. The average Bonchev–Trinajstić information content (AvgIpc) is 2.48. The van der Waals surface area contributed by atoms with Crippen LogP contribution in [-0.4, -0.2) is 53.0 Å². The number of nitrogens with zero attached hydrogens (tertiary/aromatic N) is 2. The van der Waals surface area contributed by atoms with Crippen LogP contribution in [0.3, 0.4) is 0 Å². The molecule has 20 heavy (non-hydrogen) atoms. The molecule has 1 saturated heterocycles. The van der Waals surface area contributed by atoms with Crippen molar-refractivity contribution >= 4 is 13.1 Å². The molecule has 1 amide bonds. The Kier molecular flexibility index (Phi) is 6.15. The number of likely N-dealkylation sites (tertiary alicyclic amines) is 1. The van der Waals surface area contributed by atoms with E-state index < -0.39 is 5.54 Å². The van der Waals surface area contributed by atoms with E-state index in [1.54, 1.807) is 0 Å². The van der Waals surface area contributed by atoms with Gasteiger partial charge in [0.1, 0.15) is 0 Å². The third kappa shape index (κ3) is 3.49. The number of carbonyl (C=O) groups is 1. The molecule has 1 heterocycles. The van der Waals surface area contributed by atoms with E-state index in [0.29, 0.717) is 0 Å². The SMILES string of the molecule is CC.CN(CB=O)C1(C)CC(C)(C)N(C(C)(C)C)C1=O. The van der Waals surface area contributed by atoms with Crippen molar-refractivity contribution in [3.63, 3.8) is 0 Å². The molecule has 1 rings (SSSR count). The van der Waals surface area contributed by atoms with Gasteiger partial charge in [0.25, 0.3) is 0 Å². The zero-order chi connectivity index (χ0) is 16.4. The molecular weight excluding hydrogens is 251 g/mol. The summed E-state index contributed by atoms with van der Waals surface area (Å²) < 4.78 is 10.7. The predicted octanol–water partition coefficient (Wildman–Crippen LogP) is 2.52. The summed E-state index contributed by atoms with van der Waals surface area (Å²) in [7, 11) is 2.69. The van der Waals surface area contributed by atoms with Crippen molar-refractivity contribution in [2.24, 2.45) is 0 Å². The minimum absolute atomic E-state index is 0.115. The topological polar surface area (TPSA) is 40.6 Å². The second-order valence-electron chi connectivity index (χ2n) is 7.12. The second kappa shape index (κ2) is 6.38. The van der Waals surface area contributed by atoms with Crippen molar-refractivity contribution in [3.8, 4) is 0 Å². The van der Waals surface area contributed by atoms with Crippen LogP contribution in [0, 0.1) is 0 Å². The molecule has 1 atom stereocenters. The Balaban J connectivity index is 0.00000172. The monoisotopic (exact) mass is 282 g/mol. The Labute approximate surface area is 125 Å². The molecule has 0 radical (unpaired) electrons. The van der Waals surface area contributed by atoms with E-state index in [1.165, 1.54) is 0 Å². The van der Waals surface area contributed by atoms with Crippen LogP contribution in [0.2, 0.25) is 0 Å². The molecular formula is C15H31BN2O2. The van der Waals surface area contributed by atoms with Crippen LogP contribution < -0.4 is 0 Å². The van der Waals surface area contributed by atoms with Gasteiger partial charge in [0.2, 0.25) is 0 Å². The Morgan fingerprint density at radius 3 is 2.00 bits per heavy atom. The number of amides is 1. The van der Waals surface area contributed by atoms with Crippen molar-refractivity contribution in [3.05, 3.63) is 0 Å². The summed E-state index contributed by atoms with van der Waals surface area (Å²) in [6, 6.07) is 0. The molecule has 0 bridgehead atoms. The third-order valence-electron chi connectivity index (χ3n) is 3.91. The molecule has 0 saturated carbocycles. The third-order valence-corrected chi connectivity index (χ3v) is 3.91. The maximum atomic E-state index is 12.8. The first-order valence-electron chi connectivity index (χ1n) is 7.46. The molecule has 4 nitrogen and oxygen atoms in total. The van der Waals surface area contributed by atoms with E-state index >= 15 is 0 Å². The van der Waals surface area contributed by atoms with Crippen molar-refractivity contribution < 1.29 is 9.50 Å². The van der Waals surface area contributed by atoms with E-state index in [4.69, 9.17) is 0 Å². The van der Waals surface area contributed by atoms with E-state index in [-0.39, 0.29) is 23.4 Å². The fourth-order valence-corrected chi connectivity index (χ4v) is 3.34. The van der Waals surface area contributed by atoms with Crippen LogP contribution >= 0.6 is 0 Å². The van der Waals surface area contributed by atoms with Gasteiger partial charge in [0, 0.05) is 0 Å². The first-order valence-corrected chi connectivity index (χ1v) is 7.46. The molecule has 1 aliphatic rings. The minimum atomic E-state index is -0.586. The van der Waals surface area contributed by atoms with Crippen molar-refractivity contribution in [1.82, 2.24) is 9.80 Å². The van der Waals surface area contributed by atoms with E-state index in [2.05, 4.69) is 34.6 Å². The van der Waals surface area contributed by atoms with Crippen LogP contribution in [0.5, 0.6) is 0 Å². The zero-order valence-electron chi connectivity index (χ0n) is 14.7. The second-order valence-corrected chi connectivity index (χ2v) is 7.12. The van der Waals surface area contributed by atoms with E-state index in [0.717, 1.165) is 13.6 Å². The summed E-state index contributed by atoms with van der Waals surface area (Å²) in [4.78, 5) is 16.6. The van der Waals surface area contributed by atoms with Gasteiger partial charge in [-0.05, 0) is 0 Å². The van der Waals surface area contributed by atoms with Crippen molar-refractivity contribution in [2.45, 2.75) is 78.4 Å². The van der Waals surface area contributed by atoms with Gasteiger partial charge in [0.05, 0.1) is 0 Å². The first-order chi connectivity index (χ1) is 8.97. The van der Waals surface area contributed by atoms with Gasteiger partial charge in [0.15, 0.2) is 0 Å². The number of likely N-dealkylation sites (N-methyl/N-ethyl adjacent to an activating group) is 1. The van der Waals surface area contributed by atoms with Gasteiger partial charge in [-0.15, -0.1) is 0 Å². The number of rotatable bonds is 3. The van der Waals surface area contributed by atoms with Crippen LogP contribution in [0.4, 0.5) is 0 Å². The van der Waals surface area contributed by atoms with Gasteiger partial charge in [-0.25, -0.2) is 0 Å². The Hall–Kier alpha value is -0.705. The van der Waals surface area contributed by atoms with Gasteiger partial charge in [-0.1, -0.05) is 13.8 Å². The molecule has 1 unspecified atom stereocenters. The normalized spacial score (nSPS) is 25.3. The Bertz CT molecular complexity index is 363. The van der Waals surface area contributed by atoms with Gasteiger partial charge < -0.3 is 0 Å². The molecule has 5 heteroatoms. The number of carbonyl (C=O) groups excluding carboxylic acids is 1. The van der Waals surface area contributed by atoms with Crippen molar-refractivity contribution in [1.29, 1.82) is 0 Å². The summed E-state index contributed by atoms with van der Waals surface area (Å²) in [6.45, 7) is 16.3. The Morgan fingerprint density at radius 1 is 1.25 bits per heavy atom. The molecule has 1 fully saturated rings. The van der Waals surface area contributed by atoms with Crippen LogP contribution in [0.15, 0.2) is 0 Å². The van der Waals surface area contributed by atoms with E-state index in [9.17, 15) is 9.50 Å². The van der Waals surface area contributed by atoms with Crippen molar-refractivity contribution in [2.75, 3.05) is 13.5 Å². The molecule has 1 aliphatic heterocycles. The number of hydrogen-bond donors (Lipinski definition) is 0. The standard InChI is InChI=1S/C13H25BN2O2.C2H6/c1-11(2,3)16-10(17)13(6,8-12(16,4)5)15(7)9-14-18;1-2/h8-9H2,1-7H3;1-2H3. The van der Waals surface area contributed by atoms with Gasteiger partial charge in [-0.2, -0.15) is 0 Å². The zero-order valence-corrected chi connectivity index (χ0v) is 14.7. The molecule has 116 valence electrons. The molecule has 0 aliphatic carbocycles. The molecule has 0 aromatic heterocycles. The maximum absolute atomic E-state index is 12.8. The molecule has 0 aromatic carbocycles. The first kappa shape index (κ1) is 19.3. The Morgan fingerprint density at radius 2 is 1.70 bits per heavy atom. The van der Waals surface area contributed by atoms with Crippen LogP contribution in [0.1, 0.15) is 61.8 Å². The summed E-state index contributed by atoms with van der Waals surface area (Å²) in [5.74, 6) is 0.115. The summed E-state index contributed by atoms with van der Waals surface area (Å²) in [5, 5.41) is 0. The molecule has 0 aromatic rings. The predicted molar refractivity (Wildman–Crippen MR) is 84.1 cm³/mol. The molecule has 0 N–H and O–H groups in total.